The first-order chi connectivity index (χ1) is 9.52. The predicted molar refractivity (Wildman–Crippen MR) is 75.3 cm³/mol. The third-order valence-corrected chi connectivity index (χ3v) is 3.64. The van der Waals surface area contributed by atoms with Gasteiger partial charge in [-0.05, 0) is 23.6 Å². The lowest BCUT2D eigenvalue weighted by molar-refractivity contribution is 0.318. The van der Waals surface area contributed by atoms with E-state index in [-0.39, 0.29) is 17.1 Å². The van der Waals surface area contributed by atoms with Gasteiger partial charge in [-0.3, -0.25) is 0 Å². The van der Waals surface area contributed by atoms with E-state index in [1.165, 1.54) is 16.2 Å². The summed E-state index contributed by atoms with van der Waals surface area (Å²) in [6.45, 7) is 0.397. The molecule has 0 saturated carbocycles. The standard InChI is InChI=1S/C13H13F2N3OS/c1-18(7-9-3-2-4-20-9)12-10(14)5-8(6-11(12)15)13(16)17-19/h2-6,19H,7H2,1H3,(H2,16,17). The average molecular weight is 297 g/mol. The molecule has 1 aromatic carbocycles. The van der Waals surface area contributed by atoms with Gasteiger partial charge in [0.25, 0.3) is 0 Å². The summed E-state index contributed by atoms with van der Waals surface area (Å²) < 4.78 is 28.0. The molecule has 0 atom stereocenters. The van der Waals surface area contributed by atoms with E-state index in [9.17, 15) is 8.78 Å². The summed E-state index contributed by atoms with van der Waals surface area (Å²) in [5, 5.41) is 13.2. The van der Waals surface area contributed by atoms with Gasteiger partial charge in [-0.1, -0.05) is 11.2 Å². The van der Waals surface area contributed by atoms with E-state index in [2.05, 4.69) is 5.16 Å². The Hall–Kier alpha value is -2.15. The highest BCUT2D eigenvalue weighted by atomic mass is 32.1. The van der Waals surface area contributed by atoms with E-state index in [1.54, 1.807) is 7.05 Å². The summed E-state index contributed by atoms with van der Waals surface area (Å²) in [6.07, 6.45) is 0. The minimum absolute atomic E-state index is 0.00391. The number of thiophene rings is 1. The molecule has 0 aliphatic rings. The summed E-state index contributed by atoms with van der Waals surface area (Å²) >= 11 is 1.51. The molecule has 0 unspecified atom stereocenters. The Labute approximate surface area is 118 Å². The van der Waals surface area contributed by atoms with Gasteiger partial charge in [0.15, 0.2) is 5.84 Å². The number of halogens is 2. The normalized spacial score (nSPS) is 11.7. The van der Waals surface area contributed by atoms with Crippen molar-refractivity contribution in [2.45, 2.75) is 6.54 Å². The topological polar surface area (TPSA) is 61.8 Å². The van der Waals surface area contributed by atoms with E-state index >= 15 is 0 Å². The SMILES string of the molecule is CN(Cc1cccs1)c1c(F)cc(/C(N)=N/O)cc1F. The van der Waals surface area contributed by atoms with E-state index in [0.717, 1.165) is 17.0 Å². The van der Waals surface area contributed by atoms with Crippen molar-refractivity contribution < 1.29 is 14.0 Å². The number of nitrogens with zero attached hydrogens (tertiary/aromatic N) is 2. The van der Waals surface area contributed by atoms with Crippen LogP contribution in [-0.2, 0) is 6.54 Å². The van der Waals surface area contributed by atoms with Crippen LogP contribution in [0.15, 0.2) is 34.8 Å². The largest absolute Gasteiger partial charge is 0.409 e. The molecule has 106 valence electrons. The molecule has 0 radical (unpaired) electrons. The first kappa shape index (κ1) is 14.3. The Morgan fingerprint density at radius 1 is 1.40 bits per heavy atom. The van der Waals surface area contributed by atoms with Crippen LogP contribution in [0.25, 0.3) is 0 Å². The van der Waals surface area contributed by atoms with Gasteiger partial charge in [0, 0.05) is 17.5 Å². The lowest BCUT2D eigenvalue weighted by Crippen LogP contribution is -2.20. The molecule has 0 fully saturated rings. The van der Waals surface area contributed by atoms with Gasteiger partial charge in [0.2, 0.25) is 0 Å². The molecular weight excluding hydrogens is 284 g/mol. The fourth-order valence-corrected chi connectivity index (χ4v) is 2.61. The van der Waals surface area contributed by atoms with Crippen LogP contribution in [0, 0.1) is 11.6 Å². The molecule has 0 bridgehead atoms. The van der Waals surface area contributed by atoms with Crippen molar-refractivity contribution in [1.82, 2.24) is 0 Å². The van der Waals surface area contributed by atoms with Crippen LogP contribution in [0.4, 0.5) is 14.5 Å². The van der Waals surface area contributed by atoms with Gasteiger partial charge in [-0.2, -0.15) is 0 Å². The summed E-state index contributed by atoms with van der Waals surface area (Å²) in [7, 11) is 1.60. The Morgan fingerprint density at radius 3 is 2.55 bits per heavy atom. The number of benzene rings is 1. The summed E-state index contributed by atoms with van der Waals surface area (Å²) in [4.78, 5) is 2.47. The van der Waals surface area contributed by atoms with Crippen LogP contribution in [0.5, 0.6) is 0 Å². The van der Waals surface area contributed by atoms with Gasteiger partial charge in [0.05, 0.1) is 6.54 Å². The first-order valence-electron chi connectivity index (χ1n) is 5.73. The maximum absolute atomic E-state index is 14.0. The van der Waals surface area contributed by atoms with Crippen molar-refractivity contribution in [3.05, 3.63) is 51.7 Å². The van der Waals surface area contributed by atoms with E-state index in [1.807, 2.05) is 17.5 Å². The highest BCUT2D eigenvalue weighted by Crippen LogP contribution is 2.26. The van der Waals surface area contributed by atoms with Gasteiger partial charge in [0.1, 0.15) is 17.3 Å². The maximum atomic E-state index is 14.0. The van der Waals surface area contributed by atoms with Crippen molar-refractivity contribution in [1.29, 1.82) is 0 Å². The molecule has 1 heterocycles. The monoisotopic (exact) mass is 297 g/mol. The van der Waals surface area contributed by atoms with Crippen molar-refractivity contribution in [2.24, 2.45) is 10.9 Å². The van der Waals surface area contributed by atoms with Crippen LogP contribution in [0.1, 0.15) is 10.4 Å². The van der Waals surface area contributed by atoms with Crippen molar-refractivity contribution >= 4 is 22.9 Å². The molecule has 0 spiro atoms. The average Bonchev–Trinajstić information content (AvgIpc) is 2.89. The second-order valence-corrected chi connectivity index (χ2v) is 5.24. The van der Waals surface area contributed by atoms with Crippen molar-refractivity contribution in [3.63, 3.8) is 0 Å². The zero-order chi connectivity index (χ0) is 14.7. The van der Waals surface area contributed by atoms with E-state index in [4.69, 9.17) is 10.9 Å². The lowest BCUT2D eigenvalue weighted by atomic mass is 10.1. The van der Waals surface area contributed by atoms with E-state index < -0.39 is 11.6 Å². The van der Waals surface area contributed by atoms with E-state index in [0.29, 0.717) is 6.54 Å². The predicted octanol–water partition coefficient (Wildman–Crippen LogP) is 2.76. The highest BCUT2D eigenvalue weighted by Gasteiger charge is 2.17. The molecular formula is C13H13F2N3OS. The third-order valence-electron chi connectivity index (χ3n) is 2.78. The van der Waals surface area contributed by atoms with Crippen LogP contribution in [0.3, 0.4) is 0 Å². The lowest BCUT2D eigenvalue weighted by Gasteiger charge is -2.20. The molecule has 0 aliphatic heterocycles. The molecule has 2 rings (SSSR count). The number of anilines is 1. The molecule has 7 heteroatoms. The molecule has 20 heavy (non-hydrogen) atoms. The number of hydrogen-bond donors (Lipinski definition) is 2. The smallest absolute Gasteiger partial charge is 0.170 e. The fourth-order valence-electron chi connectivity index (χ4n) is 1.85. The highest BCUT2D eigenvalue weighted by molar-refractivity contribution is 7.09. The fraction of sp³-hybridized carbons (Fsp3) is 0.154. The summed E-state index contributed by atoms with van der Waals surface area (Å²) in [5.41, 5.74) is 5.17. The minimum Gasteiger partial charge on any atom is -0.409 e. The molecule has 4 nitrogen and oxygen atoms in total. The molecule has 0 saturated heterocycles. The number of amidine groups is 1. The van der Waals surface area contributed by atoms with Gasteiger partial charge < -0.3 is 15.8 Å². The second-order valence-electron chi connectivity index (χ2n) is 4.21. The third kappa shape index (κ3) is 2.88. The number of oxime groups is 1. The minimum atomic E-state index is -0.759. The number of nitrogens with two attached hydrogens (primary N) is 1. The quantitative estimate of drug-likeness (QED) is 0.395. The van der Waals surface area contributed by atoms with Crippen LogP contribution >= 0.6 is 11.3 Å². The maximum Gasteiger partial charge on any atom is 0.170 e. The van der Waals surface area contributed by atoms with Gasteiger partial charge >= 0.3 is 0 Å². The summed E-state index contributed by atoms with van der Waals surface area (Å²) in [5.74, 6) is -1.86. The molecule has 2 aromatic rings. The Bertz CT molecular complexity index is 606. The van der Waals surface area contributed by atoms with Crippen LogP contribution in [0.2, 0.25) is 0 Å². The Balaban J connectivity index is 2.32. The zero-order valence-corrected chi connectivity index (χ0v) is 11.5. The van der Waals surface area contributed by atoms with Crippen LogP contribution in [-0.4, -0.2) is 18.1 Å². The van der Waals surface area contributed by atoms with Crippen molar-refractivity contribution in [2.75, 3.05) is 11.9 Å². The summed E-state index contributed by atoms with van der Waals surface area (Å²) in [6, 6.07) is 5.85. The number of rotatable bonds is 4. The molecule has 0 aliphatic carbocycles. The first-order valence-corrected chi connectivity index (χ1v) is 6.61. The van der Waals surface area contributed by atoms with Gasteiger partial charge in [-0.25, -0.2) is 8.78 Å². The zero-order valence-electron chi connectivity index (χ0n) is 10.7. The van der Waals surface area contributed by atoms with Crippen molar-refractivity contribution in [3.8, 4) is 0 Å². The van der Waals surface area contributed by atoms with Gasteiger partial charge in [-0.15, -0.1) is 11.3 Å². The number of hydrogen-bond acceptors (Lipinski definition) is 4. The Morgan fingerprint density at radius 2 is 2.05 bits per heavy atom. The Kier molecular flexibility index (Phi) is 4.19. The molecule has 3 N–H and O–H groups in total. The molecule has 1 aromatic heterocycles. The molecule has 0 amide bonds. The van der Waals surface area contributed by atoms with Crippen LogP contribution < -0.4 is 10.6 Å². The second kappa shape index (κ2) is 5.87.